The Bertz CT molecular complexity index is 497. The highest BCUT2D eigenvalue weighted by Gasteiger charge is 2.87. The highest BCUT2D eigenvalue weighted by Crippen LogP contribution is 2.54. The number of ketones is 1. The van der Waals surface area contributed by atoms with E-state index in [-0.39, 0.29) is 11.5 Å². The fraction of sp³-hybridized carbons (Fsp3) is 0.769. The van der Waals surface area contributed by atoms with E-state index in [1.54, 1.807) is 0 Å². The van der Waals surface area contributed by atoms with E-state index in [4.69, 9.17) is 4.74 Å². The van der Waals surface area contributed by atoms with Crippen molar-refractivity contribution in [2.24, 2.45) is 0 Å². The van der Waals surface area contributed by atoms with E-state index in [0.717, 1.165) is 6.92 Å². The molecule has 0 aromatic carbocycles. The second-order valence-corrected chi connectivity index (χ2v) is 5.85. The molecule has 1 saturated heterocycles. The van der Waals surface area contributed by atoms with Gasteiger partial charge in [-0.25, -0.2) is 9.59 Å². The Morgan fingerprint density at radius 1 is 1.18 bits per heavy atom. The van der Waals surface area contributed by atoms with Crippen LogP contribution in [0.1, 0.15) is 34.6 Å². The zero-order chi connectivity index (χ0) is 17.5. The van der Waals surface area contributed by atoms with Crippen LogP contribution in [-0.4, -0.2) is 52.7 Å². The lowest BCUT2D eigenvalue weighted by Gasteiger charge is -2.22. The van der Waals surface area contributed by atoms with Gasteiger partial charge in [0.05, 0.1) is 6.61 Å². The molecule has 0 aromatic heterocycles. The van der Waals surface area contributed by atoms with Gasteiger partial charge in [0.25, 0.3) is 5.54 Å². The molecule has 9 heteroatoms. The normalized spacial score (nSPS) is 24.7. The summed E-state index contributed by atoms with van der Waals surface area (Å²) in [6.07, 6.45) is -6.55. The lowest BCUT2D eigenvalue weighted by Crippen LogP contribution is -2.48. The van der Waals surface area contributed by atoms with E-state index in [9.17, 15) is 27.6 Å². The van der Waals surface area contributed by atoms with Crippen LogP contribution in [0, 0.1) is 0 Å². The number of amides is 1. The van der Waals surface area contributed by atoms with Crippen LogP contribution in [0.5, 0.6) is 0 Å². The summed E-state index contributed by atoms with van der Waals surface area (Å²) < 4.78 is 49.5. The number of hydrogen-bond acceptors (Lipinski definition) is 5. The number of carbonyl (C=O) groups is 3. The highest BCUT2D eigenvalue weighted by atomic mass is 19.4. The van der Waals surface area contributed by atoms with E-state index in [0.29, 0.717) is 0 Å². The summed E-state index contributed by atoms with van der Waals surface area (Å²) in [5.74, 6) is -2.66. The van der Waals surface area contributed by atoms with Crippen molar-refractivity contribution >= 4 is 17.8 Å². The molecule has 126 valence electrons. The standard InChI is InChI=1S/C13H18F3NO5/c1-6-21-9(19)12(13(14,15)16)8(7(2)18)17(12)10(20)22-11(3,4)5/h8H,6H2,1-5H3. The number of Topliss-reactive ketones (excluding diaryl/α,β-unsaturated/α-hetero) is 1. The lowest BCUT2D eigenvalue weighted by atomic mass is 10.0. The molecule has 2 unspecified atom stereocenters. The number of hydrogen-bond donors (Lipinski definition) is 0. The van der Waals surface area contributed by atoms with Crippen LogP contribution in [-0.2, 0) is 19.1 Å². The van der Waals surface area contributed by atoms with Gasteiger partial charge in [0.2, 0.25) is 0 Å². The monoisotopic (exact) mass is 325 g/mol. The van der Waals surface area contributed by atoms with E-state index in [1.165, 1.54) is 27.7 Å². The second-order valence-electron chi connectivity index (χ2n) is 5.85. The van der Waals surface area contributed by atoms with Gasteiger partial charge in [-0.15, -0.1) is 0 Å². The Hall–Kier alpha value is -1.80. The van der Waals surface area contributed by atoms with E-state index in [2.05, 4.69) is 4.74 Å². The molecule has 2 atom stereocenters. The Morgan fingerprint density at radius 3 is 2.00 bits per heavy atom. The topological polar surface area (TPSA) is 72.7 Å². The van der Waals surface area contributed by atoms with E-state index >= 15 is 0 Å². The van der Waals surface area contributed by atoms with Gasteiger partial charge in [0.15, 0.2) is 5.78 Å². The van der Waals surface area contributed by atoms with E-state index in [1.807, 2.05) is 0 Å². The Labute approximate surface area is 125 Å². The molecule has 0 aliphatic carbocycles. The van der Waals surface area contributed by atoms with Gasteiger partial charge in [0.1, 0.15) is 11.6 Å². The SMILES string of the molecule is CCOC(=O)C1(C(F)(F)F)C(C(C)=O)N1C(=O)OC(C)(C)C. The number of carbonyl (C=O) groups excluding carboxylic acids is 3. The zero-order valence-electron chi connectivity index (χ0n) is 12.9. The summed E-state index contributed by atoms with van der Waals surface area (Å²) in [6, 6.07) is -1.97. The second kappa shape index (κ2) is 5.44. The molecule has 1 amide bonds. The fourth-order valence-corrected chi connectivity index (χ4v) is 2.19. The highest BCUT2D eigenvalue weighted by molar-refractivity contribution is 6.05. The molecule has 0 spiro atoms. The van der Waals surface area contributed by atoms with Crippen molar-refractivity contribution in [2.45, 2.75) is 58.0 Å². The third kappa shape index (κ3) is 2.89. The smallest absolute Gasteiger partial charge is 0.425 e. The first-order chi connectivity index (χ1) is 9.80. The van der Waals surface area contributed by atoms with Gasteiger partial charge in [-0.3, -0.25) is 9.69 Å². The minimum atomic E-state index is -5.16. The van der Waals surface area contributed by atoms with Crippen molar-refractivity contribution < 1.29 is 37.0 Å². The maximum Gasteiger partial charge on any atom is 0.425 e. The van der Waals surface area contributed by atoms with Crippen LogP contribution >= 0.6 is 0 Å². The van der Waals surface area contributed by atoms with Gasteiger partial charge in [-0.05, 0) is 34.6 Å². The van der Waals surface area contributed by atoms with Crippen LogP contribution in [0.25, 0.3) is 0 Å². The molecule has 0 aromatic rings. The molecule has 0 bridgehead atoms. The third-order valence-electron chi connectivity index (χ3n) is 2.96. The molecule has 0 saturated carbocycles. The predicted octanol–water partition coefficient (Wildman–Crippen LogP) is 2.06. The quantitative estimate of drug-likeness (QED) is 0.587. The first kappa shape index (κ1) is 18.2. The van der Waals surface area contributed by atoms with Crippen molar-refractivity contribution in [3.8, 4) is 0 Å². The first-order valence-electron chi connectivity index (χ1n) is 6.57. The number of halogens is 3. The first-order valence-corrected chi connectivity index (χ1v) is 6.57. The maximum absolute atomic E-state index is 13.4. The molecule has 1 aliphatic heterocycles. The zero-order valence-corrected chi connectivity index (χ0v) is 12.9. The molecular weight excluding hydrogens is 307 g/mol. The summed E-state index contributed by atoms with van der Waals surface area (Å²) in [5.41, 5.74) is -4.38. The number of rotatable bonds is 3. The van der Waals surface area contributed by atoms with Crippen LogP contribution in [0.15, 0.2) is 0 Å². The summed E-state index contributed by atoms with van der Waals surface area (Å²) in [6.45, 7) is 6.24. The predicted molar refractivity (Wildman–Crippen MR) is 68.0 cm³/mol. The summed E-state index contributed by atoms with van der Waals surface area (Å²) in [5, 5.41) is 0. The van der Waals surface area contributed by atoms with Crippen LogP contribution < -0.4 is 0 Å². The maximum atomic E-state index is 13.4. The molecule has 6 nitrogen and oxygen atoms in total. The van der Waals surface area contributed by atoms with Crippen molar-refractivity contribution in [3.05, 3.63) is 0 Å². The average Bonchev–Trinajstić information content (AvgIpc) is 2.97. The van der Waals surface area contributed by atoms with Gasteiger partial charge in [-0.2, -0.15) is 13.2 Å². The van der Waals surface area contributed by atoms with Crippen LogP contribution in [0.2, 0.25) is 0 Å². The van der Waals surface area contributed by atoms with Crippen LogP contribution in [0.3, 0.4) is 0 Å². The van der Waals surface area contributed by atoms with Crippen molar-refractivity contribution in [1.82, 2.24) is 4.90 Å². The average molecular weight is 325 g/mol. The lowest BCUT2D eigenvalue weighted by molar-refractivity contribution is -0.194. The van der Waals surface area contributed by atoms with Crippen molar-refractivity contribution in [2.75, 3.05) is 6.61 Å². The minimum absolute atomic E-state index is 0.0958. The molecule has 0 radical (unpaired) electrons. The number of ether oxygens (including phenoxy) is 2. The molecule has 1 aliphatic rings. The minimum Gasteiger partial charge on any atom is -0.464 e. The van der Waals surface area contributed by atoms with Crippen molar-refractivity contribution in [3.63, 3.8) is 0 Å². The molecular formula is C13H18F3NO5. The molecule has 1 heterocycles. The van der Waals surface area contributed by atoms with Gasteiger partial charge < -0.3 is 9.47 Å². The van der Waals surface area contributed by atoms with Gasteiger partial charge >= 0.3 is 18.2 Å². The Morgan fingerprint density at radius 2 is 1.68 bits per heavy atom. The molecule has 0 N–H and O–H groups in total. The summed E-state index contributed by atoms with van der Waals surface area (Å²) in [4.78, 5) is 35.4. The van der Waals surface area contributed by atoms with E-state index < -0.39 is 41.2 Å². The molecule has 22 heavy (non-hydrogen) atoms. The number of alkyl halides is 3. The third-order valence-corrected chi connectivity index (χ3v) is 2.96. The van der Waals surface area contributed by atoms with Gasteiger partial charge in [0, 0.05) is 0 Å². The Kier molecular flexibility index (Phi) is 4.51. The van der Waals surface area contributed by atoms with Gasteiger partial charge in [-0.1, -0.05) is 0 Å². The number of nitrogens with zero attached hydrogens (tertiary/aromatic N) is 1. The van der Waals surface area contributed by atoms with Crippen molar-refractivity contribution in [1.29, 1.82) is 0 Å². The largest absolute Gasteiger partial charge is 0.464 e. The van der Waals surface area contributed by atoms with Crippen LogP contribution in [0.4, 0.5) is 18.0 Å². The Balaban J connectivity index is 3.27. The molecule has 1 rings (SSSR count). The summed E-state index contributed by atoms with van der Waals surface area (Å²) in [7, 11) is 0. The molecule has 1 fully saturated rings. The fourth-order valence-electron chi connectivity index (χ4n) is 2.19. The summed E-state index contributed by atoms with van der Waals surface area (Å²) >= 11 is 0. The number of esters is 1.